The van der Waals surface area contributed by atoms with Gasteiger partial charge in [-0.15, -0.1) is 0 Å². The predicted octanol–water partition coefficient (Wildman–Crippen LogP) is 1.09. The van der Waals surface area contributed by atoms with Crippen molar-refractivity contribution in [1.82, 2.24) is 9.97 Å². The Labute approximate surface area is 89.9 Å². The Morgan fingerprint density at radius 2 is 2.13 bits per heavy atom. The maximum atomic E-state index is 11.6. The van der Waals surface area contributed by atoms with Crippen molar-refractivity contribution >= 4 is 0 Å². The van der Waals surface area contributed by atoms with Gasteiger partial charge in [-0.2, -0.15) is 0 Å². The van der Waals surface area contributed by atoms with Crippen LogP contribution in [0.3, 0.4) is 0 Å². The molecule has 0 saturated carbocycles. The van der Waals surface area contributed by atoms with Crippen LogP contribution in [0.1, 0.15) is 43.3 Å². The standard InChI is InChI=1S/C11H19N3O/c1-7(2)10-13-9(5-4-6-12)8(3)11(15)14-10/h7H,4-6,12H2,1-3H3,(H,13,14,15). The minimum absolute atomic E-state index is 0.0271. The molecule has 4 nitrogen and oxygen atoms in total. The highest BCUT2D eigenvalue weighted by Crippen LogP contribution is 2.09. The van der Waals surface area contributed by atoms with Gasteiger partial charge in [0.2, 0.25) is 0 Å². The molecule has 0 spiro atoms. The number of H-pyrrole nitrogens is 1. The summed E-state index contributed by atoms with van der Waals surface area (Å²) in [4.78, 5) is 18.9. The molecule has 3 N–H and O–H groups in total. The summed E-state index contributed by atoms with van der Waals surface area (Å²) in [6, 6.07) is 0. The van der Waals surface area contributed by atoms with E-state index in [9.17, 15) is 4.79 Å². The average molecular weight is 209 g/mol. The third kappa shape index (κ3) is 2.89. The lowest BCUT2D eigenvalue weighted by atomic mass is 10.1. The van der Waals surface area contributed by atoms with E-state index in [-0.39, 0.29) is 11.5 Å². The quantitative estimate of drug-likeness (QED) is 0.779. The van der Waals surface area contributed by atoms with Gasteiger partial charge in [0.05, 0.1) is 5.69 Å². The third-order valence-electron chi connectivity index (χ3n) is 2.44. The van der Waals surface area contributed by atoms with Gasteiger partial charge in [-0.3, -0.25) is 4.79 Å². The van der Waals surface area contributed by atoms with E-state index in [1.54, 1.807) is 0 Å². The van der Waals surface area contributed by atoms with E-state index in [1.807, 2.05) is 20.8 Å². The lowest BCUT2D eigenvalue weighted by Gasteiger charge is -2.09. The Balaban J connectivity index is 3.08. The molecule has 1 aromatic rings. The molecule has 0 aromatic carbocycles. The minimum Gasteiger partial charge on any atom is -0.330 e. The molecule has 0 radical (unpaired) electrons. The van der Waals surface area contributed by atoms with Gasteiger partial charge in [0.15, 0.2) is 0 Å². The molecular weight excluding hydrogens is 190 g/mol. The van der Waals surface area contributed by atoms with Crippen LogP contribution < -0.4 is 11.3 Å². The maximum Gasteiger partial charge on any atom is 0.254 e. The number of nitrogens with zero attached hydrogens (tertiary/aromatic N) is 1. The molecule has 0 aliphatic heterocycles. The summed E-state index contributed by atoms with van der Waals surface area (Å²) in [5.41, 5.74) is 7.02. The molecular formula is C11H19N3O. The van der Waals surface area contributed by atoms with E-state index in [4.69, 9.17) is 5.73 Å². The number of aromatic nitrogens is 2. The Hall–Kier alpha value is -1.16. The Morgan fingerprint density at radius 3 is 2.67 bits per heavy atom. The number of aryl methyl sites for hydroxylation is 1. The van der Waals surface area contributed by atoms with E-state index in [1.165, 1.54) is 0 Å². The first-order valence-corrected chi connectivity index (χ1v) is 5.36. The van der Waals surface area contributed by atoms with E-state index < -0.39 is 0 Å². The summed E-state index contributed by atoms with van der Waals surface area (Å²) in [5.74, 6) is 1.01. The zero-order valence-electron chi connectivity index (χ0n) is 9.63. The number of rotatable bonds is 4. The minimum atomic E-state index is -0.0271. The van der Waals surface area contributed by atoms with Crippen molar-refractivity contribution in [2.45, 2.75) is 39.5 Å². The largest absolute Gasteiger partial charge is 0.330 e. The fourth-order valence-corrected chi connectivity index (χ4v) is 1.38. The van der Waals surface area contributed by atoms with Crippen molar-refractivity contribution in [2.75, 3.05) is 6.54 Å². The zero-order valence-corrected chi connectivity index (χ0v) is 9.63. The number of nitrogens with one attached hydrogen (secondary N) is 1. The topological polar surface area (TPSA) is 71.8 Å². The highest BCUT2D eigenvalue weighted by molar-refractivity contribution is 5.17. The molecule has 15 heavy (non-hydrogen) atoms. The zero-order chi connectivity index (χ0) is 11.4. The second kappa shape index (κ2) is 5.07. The van der Waals surface area contributed by atoms with Crippen LogP contribution in [-0.2, 0) is 6.42 Å². The second-order valence-electron chi connectivity index (χ2n) is 4.07. The smallest absolute Gasteiger partial charge is 0.254 e. The van der Waals surface area contributed by atoms with Crippen molar-refractivity contribution < 1.29 is 0 Å². The van der Waals surface area contributed by atoms with E-state index in [2.05, 4.69) is 9.97 Å². The molecule has 0 amide bonds. The van der Waals surface area contributed by atoms with Crippen LogP contribution in [0.2, 0.25) is 0 Å². The maximum absolute atomic E-state index is 11.6. The van der Waals surface area contributed by atoms with Crippen molar-refractivity contribution in [3.63, 3.8) is 0 Å². The van der Waals surface area contributed by atoms with Gasteiger partial charge in [0.1, 0.15) is 5.82 Å². The SMILES string of the molecule is Cc1c(CCCN)nc(C(C)C)[nH]c1=O. The van der Waals surface area contributed by atoms with Gasteiger partial charge in [-0.1, -0.05) is 13.8 Å². The molecule has 0 bridgehead atoms. The van der Waals surface area contributed by atoms with Gasteiger partial charge in [-0.25, -0.2) is 4.98 Å². The highest BCUT2D eigenvalue weighted by Gasteiger charge is 2.09. The van der Waals surface area contributed by atoms with Crippen molar-refractivity contribution in [2.24, 2.45) is 5.73 Å². The number of hydrogen-bond donors (Lipinski definition) is 2. The van der Waals surface area contributed by atoms with E-state index in [0.29, 0.717) is 12.1 Å². The summed E-state index contributed by atoms with van der Waals surface area (Å²) < 4.78 is 0. The summed E-state index contributed by atoms with van der Waals surface area (Å²) >= 11 is 0. The predicted molar refractivity (Wildman–Crippen MR) is 61.1 cm³/mol. The fraction of sp³-hybridized carbons (Fsp3) is 0.636. The molecule has 4 heteroatoms. The van der Waals surface area contributed by atoms with Crippen LogP contribution in [0.5, 0.6) is 0 Å². The molecule has 0 atom stereocenters. The molecule has 0 fully saturated rings. The first kappa shape index (κ1) is 11.9. The van der Waals surface area contributed by atoms with Gasteiger partial charge >= 0.3 is 0 Å². The van der Waals surface area contributed by atoms with Crippen LogP contribution in [0.25, 0.3) is 0 Å². The van der Waals surface area contributed by atoms with Gasteiger partial charge < -0.3 is 10.7 Å². The summed E-state index contributed by atoms with van der Waals surface area (Å²) in [6.07, 6.45) is 1.65. The number of nitrogens with two attached hydrogens (primary N) is 1. The summed E-state index contributed by atoms with van der Waals surface area (Å²) in [7, 11) is 0. The fourth-order valence-electron chi connectivity index (χ4n) is 1.38. The molecule has 0 aliphatic rings. The molecule has 0 aliphatic carbocycles. The average Bonchev–Trinajstić information content (AvgIpc) is 2.19. The summed E-state index contributed by atoms with van der Waals surface area (Å²) in [5, 5.41) is 0. The Bertz CT molecular complexity index is 382. The molecule has 84 valence electrons. The van der Waals surface area contributed by atoms with E-state index >= 15 is 0 Å². The highest BCUT2D eigenvalue weighted by atomic mass is 16.1. The van der Waals surface area contributed by atoms with Crippen LogP contribution >= 0.6 is 0 Å². The van der Waals surface area contributed by atoms with Crippen molar-refractivity contribution in [1.29, 1.82) is 0 Å². The molecule has 1 aromatic heterocycles. The Morgan fingerprint density at radius 1 is 1.47 bits per heavy atom. The van der Waals surface area contributed by atoms with Crippen molar-refractivity contribution in [3.05, 3.63) is 27.4 Å². The molecule has 1 rings (SSSR count). The van der Waals surface area contributed by atoms with Crippen LogP contribution in [-0.4, -0.2) is 16.5 Å². The van der Waals surface area contributed by atoms with Crippen LogP contribution in [0.4, 0.5) is 0 Å². The molecule has 0 unspecified atom stereocenters. The molecule has 0 saturated heterocycles. The first-order chi connectivity index (χ1) is 7.06. The lowest BCUT2D eigenvalue weighted by molar-refractivity contribution is 0.723. The van der Waals surface area contributed by atoms with Gasteiger partial charge in [0, 0.05) is 11.5 Å². The summed E-state index contributed by atoms with van der Waals surface area (Å²) in [6.45, 7) is 6.47. The van der Waals surface area contributed by atoms with Crippen LogP contribution in [0, 0.1) is 6.92 Å². The van der Waals surface area contributed by atoms with Crippen LogP contribution in [0.15, 0.2) is 4.79 Å². The number of hydrogen-bond acceptors (Lipinski definition) is 3. The lowest BCUT2D eigenvalue weighted by Crippen LogP contribution is -2.19. The third-order valence-corrected chi connectivity index (χ3v) is 2.44. The van der Waals surface area contributed by atoms with Gasteiger partial charge in [0.25, 0.3) is 5.56 Å². The monoisotopic (exact) mass is 209 g/mol. The molecule has 1 heterocycles. The first-order valence-electron chi connectivity index (χ1n) is 5.36. The second-order valence-corrected chi connectivity index (χ2v) is 4.07. The Kier molecular flexibility index (Phi) is 4.03. The van der Waals surface area contributed by atoms with Crippen molar-refractivity contribution in [3.8, 4) is 0 Å². The number of aromatic amines is 1. The van der Waals surface area contributed by atoms with Gasteiger partial charge in [-0.05, 0) is 26.3 Å². The normalized spacial score (nSPS) is 11.0. The van der Waals surface area contributed by atoms with E-state index in [0.717, 1.165) is 24.4 Å².